The molecule has 1 fully saturated rings. The summed E-state index contributed by atoms with van der Waals surface area (Å²) < 4.78 is 6.66. The summed E-state index contributed by atoms with van der Waals surface area (Å²) in [4.78, 5) is 30.1. The molecule has 0 aliphatic carbocycles. The highest BCUT2D eigenvalue weighted by Crippen LogP contribution is 2.21. The first-order chi connectivity index (χ1) is 14.9. The van der Waals surface area contributed by atoms with E-state index >= 15 is 0 Å². The van der Waals surface area contributed by atoms with E-state index < -0.39 is 5.54 Å². The third-order valence-electron chi connectivity index (χ3n) is 5.85. The molecule has 0 radical (unpaired) electrons. The van der Waals surface area contributed by atoms with Crippen LogP contribution in [-0.4, -0.2) is 58.2 Å². The first-order valence-corrected chi connectivity index (χ1v) is 10.7. The molecule has 1 aromatic carbocycles. The fourth-order valence-corrected chi connectivity index (χ4v) is 3.95. The van der Waals surface area contributed by atoms with Gasteiger partial charge in [0.25, 0.3) is 5.56 Å². The SMILES string of the molecule is CC(C)(C(=O)N1CCN(CCc2ccccc2)CC1)n1nc(-c2ccco2)ccc1=O. The number of piperazine rings is 1. The molecule has 7 nitrogen and oxygen atoms in total. The van der Waals surface area contributed by atoms with E-state index in [1.807, 2.05) is 11.0 Å². The lowest BCUT2D eigenvalue weighted by molar-refractivity contribution is -0.141. The third kappa shape index (κ3) is 4.61. The van der Waals surface area contributed by atoms with Gasteiger partial charge in [0.05, 0.1) is 6.26 Å². The van der Waals surface area contributed by atoms with Gasteiger partial charge in [0, 0.05) is 38.8 Å². The molecule has 0 N–H and O–H groups in total. The molecule has 31 heavy (non-hydrogen) atoms. The molecule has 0 bridgehead atoms. The van der Waals surface area contributed by atoms with Gasteiger partial charge in [0.15, 0.2) is 5.76 Å². The van der Waals surface area contributed by atoms with Gasteiger partial charge in [-0.15, -0.1) is 0 Å². The average Bonchev–Trinajstić information content (AvgIpc) is 3.33. The van der Waals surface area contributed by atoms with Crippen LogP contribution >= 0.6 is 0 Å². The van der Waals surface area contributed by atoms with Crippen LogP contribution in [0.25, 0.3) is 11.5 Å². The van der Waals surface area contributed by atoms with Crippen molar-refractivity contribution >= 4 is 5.91 Å². The van der Waals surface area contributed by atoms with E-state index in [0.717, 1.165) is 26.1 Å². The average molecular weight is 421 g/mol. The Bertz CT molecular complexity index is 1070. The first-order valence-electron chi connectivity index (χ1n) is 10.7. The Morgan fingerprint density at radius 1 is 1.00 bits per heavy atom. The van der Waals surface area contributed by atoms with Crippen LogP contribution in [0.1, 0.15) is 19.4 Å². The second kappa shape index (κ2) is 8.89. The van der Waals surface area contributed by atoms with Crippen molar-refractivity contribution in [1.82, 2.24) is 19.6 Å². The molecule has 1 amide bonds. The van der Waals surface area contributed by atoms with E-state index in [0.29, 0.717) is 24.5 Å². The molecule has 1 aliphatic rings. The van der Waals surface area contributed by atoms with Gasteiger partial charge in [-0.3, -0.25) is 14.5 Å². The van der Waals surface area contributed by atoms with E-state index in [2.05, 4.69) is 34.3 Å². The van der Waals surface area contributed by atoms with Crippen molar-refractivity contribution in [3.8, 4) is 11.5 Å². The maximum absolute atomic E-state index is 13.3. The fourth-order valence-electron chi connectivity index (χ4n) is 3.95. The third-order valence-corrected chi connectivity index (χ3v) is 5.85. The van der Waals surface area contributed by atoms with Crippen molar-refractivity contribution < 1.29 is 9.21 Å². The van der Waals surface area contributed by atoms with E-state index in [4.69, 9.17) is 4.42 Å². The normalized spacial score (nSPS) is 15.2. The number of carbonyl (C=O) groups excluding carboxylic acids is 1. The van der Waals surface area contributed by atoms with Gasteiger partial charge in [0.1, 0.15) is 11.2 Å². The van der Waals surface area contributed by atoms with Gasteiger partial charge < -0.3 is 9.32 Å². The topological polar surface area (TPSA) is 71.6 Å². The molecule has 2 aromatic heterocycles. The zero-order valence-electron chi connectivity index (χ0n) is 18.0. The molecule has 0 atom stereocenters. The number of amides is 1. The molecule has 3 aromatic rings. The van der Waals surface area contributed by atoms with Crippen LogP contribution in [0.15, 0.2) is 70.1 Å². The number of carbonyl (C=O) groups is 1. The summed E-state index contributed by atoms with van der Waals surface area (Å²) in [6.07, 6.45) is 2.55. The molecular formula is C24H28N4O3. The summed E-state index contributed by atoms with van der Waals surface area (Å²) in [7, 11) is 0. The van der Waals surface area contributed by atoms with Crippen molar-refractivity contribution in [3.63, 3.8) is 0 Å². The van der Waals surface area contributed by atoms with Gasteiger partial charge >= 0.3 is 0 Å². The smallest absolute Gasteiger partial charge is 0.267 e. The van der Waals surface area contributed by atoms with Gasteiger partial charge in [0.2, 0.25) is 5.91 Å². The highest BCUT2D eigenvalue weighted by molar-refractivity contribution is 5.83. The zero-order chi connectivity index (χ0) is 21.8. The quantitative estimate of drug-likeness (QED) is 0.613. The highest BCUT2D eigenvalue weighted by Gasteiger charge is 2.37. The van der Waals surface area contributed by atoms with E-state index in [1.54, 1.807) is 38.3 Å². The number of hydrogen-bond donors (Lipinski definition) is 0. The van der Waals surface area contributed by atoms with Crippen molar-refractivity contribution in [2.75, 3.05) is 32.7 Å². The van der Waals surface area contributed by atoms with E-state index in [-0.39, 0.29) is 11.5 Å². The number of nitrogens with zero attached hydrogens (tertiary/aromatic N) is 4. The predicted octanol–water partition coefficient (Wildman–Crippen LogP) is 2.63. The van der Waals surface area contributed by atoms with Crippen LogP contribution in [0.4, 0.5) is 0 Å². The van der Waals surface area contributed by atoms with E-state index in [1.165, 1.54) is 16.3 Å². The number of benzene rings is 1. The summed E-state index contributed by atoms with van der Waals surface area (Å²) in [5, 5.41) is 4.43. The molecule has 3 heterocycles. The van der Waals surface area contributed by atoms with Gasteiger partial charge in [-0.2, -0.15) is 5.10 Å². The number of aromatic nitrogens is 2. The minimum absolute atomic E-state index is 0.0959. The Morgan fingerprint density at radius 3 is 2.42 bits per heavy atom. The Labute approximate surface area is 181 Å². The molecule has 1 aliphatic heterocycles. The summed E-state index contributed by atoms with van der Waals surface area (Å²) in [6.45, 7) is 7.40. The maximum Gasteiger partial charge on any atom is 0.267 e. The fraction of sp³-hybridized carbons (Fsp3) is 0.375. The van der Waals surface area contributed by atoms with Gasteiger partial charge in [-0.05, 0) is 44.0 Å². The van der Waals surface area contributed by atoms with Crippen LogP contribution in [0.5, 0.6) is 0 Å². The monoisotopic (exact) mass is 420 g/mol. The molecule has 162 valence electrons. The number of rotatable bonds is 6. The van der Waals surface area contributed by atoms with E-state index in [9.17, 15) is 9.59 Å². The summed E-state index contributed by atoms with van der Waals surface area (Å²) >= 11 is 0. The summed E-state index contributed by atoms with van der Waals surface area (Å²) in [5.74, 6) is 0.463. The summed E-state index contributed by atoms with van der Waals surface area (Å²) in [5.41, 5.74) is 0.446. The van der Waals surface area contributed by atoms with Gasteiger partial charge in [-0.25, -0.2) is 4.68 Å². The van der Waals surface area contributed by atoms with Crippen molar-refractivity contribution in [2.45, 2.75) is 25.8 Å². The minimum Gasteiger partial charge on any atom is -0.463 e. The van der Waals surface area contributed by atoms with Crippen molar-refractivity contribution in [3.05, 3.63) is 76.8 Å². The highest BCUT2D eigenvalue weighted by atomic mass is 16.3. The largest absolute Gasteiger partial charge is 0.463 e. The van der Waals surface area contributed by atoms with Crippen LogP contribution in [0.3, 0.4) is 0 Å². The van der Waals surface area contributed by atoms with Gasteiger partial charge in [-0.1, -0.05) is 30.3 Å². The Morgan fingerprint density at radius 2 is 1.74 bits per heavy atom. The second-order valence-corrected chi connectivity index (χ2v) is 8.37. The predicted molar refractivity (Wildman–Crippen MR) is 119 cm³/mol. The molecule has 4 rings (SSSR count). The summed E-state index contributed by atoms with van der Waals surface area (Å²) in [6, 6.07) is 17.0. The maximum atomic E-state index is 13.3. The lowest BCUT2D eigenvalue weighted by Gasteiger charge is -2.38. The van der Waals surface area contributed by atoms with Crippen LogP contribution < -0.4 is 5.56 Å². The molecule has 0 unspecified atom stereocenters. The molecule has 1 saturated heterocycles. The van der Waals surface area contributed by atoms with Crippen LogP contribution in [0, 0.1) is 0 Å². The minimum atomic E-state index is -1.09. The lowest BCUT2D eigenvalue weighted by atomic mass is 10.0. The van der Waals surface area contributed by atoms with Crippen molar-refractivity contribution in [2.24, 2.45) is 0 Å². The number of hydrogen-bond acceptors (Lipinski definition) is 5. The lowest BCUT2D eigenvalue weighted by Crippen LogP contribution is -2.56. The second-order valence-electron chi connectivity index (χ2n) is 8.37. The van der Waals surface area contributed by atoms with Crippen LogP contribution in [-0.2, 0) is 16.8 Å². The molecule has 0 saturated carbocycles. The molecule has 7 heteroatoms. The Hall–Kier alpha value is -3.19. The van der Waals surface area contributed by atoms with Crippen LogP contribution in [0.2, 0.25) is 0 Å². The number of furan rings is 1. The molecule has 0 spiro atoms. The van der Waals surface area contributed by atoms with Crippen molar-refractivity contribution in [1.29, 1.82) is 0 Å². The Balaban J connectivity index is 1.41. The Kier molecular flexibility index (Phi) is 6.04. The zero-order valence-corrected chi connectivity index (χ0v) is 18.0. The standard InChI is InChI=1S/C24H28N4O3/c1-24(2,28-22(29)11-10-20(25-28)21-9-6-18-31-21)23(30)27-16-14-26(15-17-27)13-12-19-7-4-3-5-8-19/h3-11,18H,12-17H2,1-2H3. The molecular weight excluding hydrogens is 392 g/mol. The first kappa shape index (κ1) is 21.1.